The second kappa shape index (κ2) is 8.92. The van der Waals surface area contributed by atoms with Gasteiger partial charge in [0.05, 0.1) is 19.3 Å². The van der Waals surface area contributed by atoms with E-state index in [9.17, 15) is 0 Å². The molecule has 2 N–H and O–H groups in total. The van der Waals surface area contributed by atoms with E-state index >= 15 is 0 Å². The van der Waals surface area contributed by atoms with Gasteiger partial charge in [0.1, 0.15) is 24.0 Å². The SMILES string of the molecule is S=C(NC1CCCCC1)N[C@H]1CO[C@H]2[C@@H]1OC[C@@H]2n1nnnc1Oc1ccc2c(c1)OCO2. The summed E-state index contributed by atoms with van der Waals surface area (Å²) in [6.45, 7) is 1.11. The first kappa shape index (κ1) is 20.9. The molecule has 1 aromatic heterocycles. The van der Waals surface area contributed by atoms with Gasteiger partial charge in [-0.25, -0.2) is 0 Å². The molecule has 1 aromatic carbocycles. The summed E-state index contributed by atoms with van der Waals surface area (Å²) in [5.74, 6) is 1.86. The number of tetrazole rings is 1. The van der Waals surface area contributed by atoms with Gasteiger partial charge >= 0.3 is 6.01 Å². The topological polar surface area (TPSA) is 114 Å². The minimum Gasteiger partial charge on any atom is -0.454 e. The summed E-state index contributed by atoms with van der Waals surface area (Å²) in [4.78, 5) is 0. The van der Waals surface area contributed by atoms with Gasteiger partial charge in [-0.3, -0.25) is 0 Å². The second-order valence-electron chi connectivity index (χ2n) is 8.75. The van der Waals surface area contributed by atoms with Crippen molar-refractivity contribution in [3.8, 4) is 23.3 Å². The van der Waals surface area contributed by atoms with Crippen molar-refractivity contribution in [2.45, 2.75) is 62.4 Å². The van der Waals surface area contributed by atoms with Crippen LogP contribution in [-0.2, 0) is 9.47 Å². The highest BCUT2D eigenvalue weighted by Crippen LogP contribution is 2.38. The van der Waals surface area contributed by atoms with Gasteiger partial charge in [0.2, 0.25) is 6.79 Å². The van der Waals surface area contributed by atoms with Gasteiger partial charge in [-0.05, 0) is 47.6 Å². The Kier molecular flexibility index (Phi) is 5.64. The third kappa shape index (κ3) is 4.18. The monoisotopic (exact) mass is 474 g/mol. The molecule has 3 aliphatic heterocycles. The maximum absolute atomic E-state index is 6.10. The van der Waals surface area contributed by atoms with Crippen LogP contribution >= 0.6 is 12.2 Å². The Balaban J connectivity index is 1.10. The molecule has 1 saturated carbocycles. The number of ether oxygens (including phenoxy) is 5. The second-order valence-corrected chi connectivity index (χ2v) is 9.15. The van der Waals surface area contributed by atoms with Gasteiger partial charge in [0.25, 0.3) is 0 Å². The minimum absolute atomic E-state index is 0.0294. The zero-order valence-corrected chi connectivity index (χ0v) is 18.8. The Hall–Kier alpha value is -2.70. The lowest BCUT2D eigenvalue weighted by molar-refractivity contribution is 0.0614. The molecule has 4 heterocycles. The zero-order chi connectivity index (χ0) is 22.2. The number of nitrogens with one attached hydrogen (secondary N) is 2. The van der Waals surface area contributed by atoms with E-state index in [2.05, 4.69) is 26.2 Å². The number of aromatic nitrogens is 4. The summed E-state index contributed by atoms with van der Waals surface area (Å²) in [7, 11) is 0. The normalized spacial score (nSPS) is 28.5. The average Bonchev–Trinajstić information content (AvgIpc) is 3.60. The van der Waals surface area contributed by atoms with Crippen molar-refractivity contribution < 1.29 is 23.7 Å². The molecule has 0 unspecified atom stereocenters. The van der Waals surface area contributed by atoms with Gasteiger partial charge < -0.3 is 34.3 Å². The summed E-state index contributed by atoms with van der Waals surface area (Å²) in [5.41, 5.74) is 0. The minimum atomic E-state index is -0.208. The molecule has 33 heavy (non-hydrogen) atoms. The highest BCUT2D eigenvalue weighted by molar-refractivity contribution is 7.80. The molecule has 4 atom stereocenters. The smallest absolute Gasteiger partial charge is 0.341 e. The van der Waals surface area contributed by atoms with Gasteiger partial charge in [-0.2, -0.15) is 4.68 Å². The summed E-state index contributed by atoms with van der Waals surface area (Å²) in [6.07, 6.45) is 5.80. The predicted octanol–water partition coefficient (Wildman–Crippen LogP) is 1.70. The van der Waals surface area contributed by atoms with Crippen molar-refractivity contribution in [3.63, 3.8) is 0 Å². The Labute approximate surface area is 196 Å². The average molecular weight is 475 g/mol. The number of rotatable bonds is 5. The summed E-state index contributed by atoms with van der Waals surface area (Å²) >= 11 is 5.56. The number of nitrogens with zero attached hydrogens (tertiary/aromatic N) is 4. The molecule has 11 nitrogen and oxygen atoms in total. The molecule has 1 aliphatic carbocycles. The summed E-state index contributed by atoms with van der Waals surface area (Å²) in [6, 6.07) is 5.80. The number of hydrogen-bond donors (Lipinski definition) is 2. The molecule has 176 valence electrons. The molecule has 3 fully saturated rings. The number of thiocarbonyl (C=S) groups is 1. The van der Waals surface area contributed by atoms with Gasteiger partial charge in [-0.1, -0.05) is 24.4 Å². The molecular formula is C21H26N6O5S. The number of fused-ring (bicyclic) bond motifs is 2. The van der Waals surface area contributed by atoms with Crippen molar-refractivity contribution in [1.29, 1.82) is 0 Å². The molecule has 12 heteroatoms. The van der Waals surface area contributed by atoms with Crippen LogP contribution in [0.25, 0.3) is 0 Å². The van der Waals surface area contributed by atoms with E-state index in [1.54, 1.807) is 22.9 Å². The lowest BCUT2D eigenvalue weighted by Gasteiger charge is -2.26. The molecule has 0 spiro atoms. The van der Waals surface area contributed by atoms with Crippen LogP contribution in [-0.4, -0.2) is 69.6 Å². The van der Waals surface area contributed by atoms with E-state index < -0.39 is 0 Å². The fourth-order valence-electron chi connectivity index (χ4n) is 4.96. The lowest BCUT2D eigenvalue weighted by atomic mass is 9.96. The highest BCUT2D eigenvalue weighted by Gasteiger charge is 2.50. The van der Waals surface area contributed by atoms with E-state index in [-0.39, 0.29) is 37.1 Å². The molecule has 0 amide bonds. The highest BCUT2D eigenvalue weighted by atomic mass is 32.1. The zero-order valence-electron chi connectivity index (χ0n) is 18.0. The van der Waals surface area contributed by atoms with Crippen molar-refractivity contribution >= 4 is 17.3 Å². The third-order valence-corrected chi connectivity index (χ3v) is 6.85. The molecular weight excluding hydrogens is 448 g/mol. The summed E-state index contributed by atoms with van der Waals surface area (Å²) < 4.78 is 30.5. The van der Waals surface area contributed by atoms with Gasteiger partial charge in [0, 0.05) is 12.1 Å². The van der Waals surface area contributed by atoms with Crippen LogP contribution < -0.4 is 24.8 Å². The maximum Gasteiger partial charge on any atom is 0.341 e. The van der Waals surface area contributed by atoms with Crippen LogP contribution in [0.2, 0.25) is 0 Å². The summed E-state index contributed by atoms with van der Waals surface area (Å²) in [5, 5.41) is 19.5. The van der Waals surface area contributed by atoms with Crippen LogP contribution in [0, 0.1) is 0 Å². The van der Waals surface area contributed by atoms with Crippen LogP contribution in [0.5, 0.6) is 23.3 Å². The Morgan fingerprint density at radius 3 is 2.79 bits per heavy atom. The Morgan fingerprint density at radius 2 is 1.88 bits per heavy atom. The molecule has 6 rings (SSSR count). The van der Waals surface area contributed by atoms with E-state index in [0.717, 1.165) is 0 Å². The van der Waals surface area contributed by atoms with Crippen LogP contribution in [0.4, 0.5) is 0 Å². The van der Waals surface area contributed by atoms with E-state index in [1.807, 2.05) is 0 Å². The molecule has 2 saturated heterocycles. The molecule has 2 aromatic rings. The largest absolute Gasteiger partial charge is 0.454 e. The van der Waals surface area contributed by atoms with Crippen LogP contribution in [0.3, 0.4) is 0 Å². The van der Waals surface area contributed by atoms with Crippen molar-refractivity contribution in [3.05, 3.63) is 18.2 Å². The van der Waals surface area contributed by atoms with Crippen LogP contribution in [0.1, 0.15) is 38.1 Å². The first-order valence-electron chi connectivity index (χ1n) is 11.4. The van der Waals surface area contributed by atoms with E-state index in [0.29, 0.717) is 41.6 Å². The van der Waals surface area contributed by atoms with Crippen molar-refractivity contribution in [2.75, 3.05) is 20.0 Å². The number of hydrogen-bond acceptors (Lipinski definition) is 9. The first-order valence-corrected chi connectivity index (χ1v) is 11.8. The molecule has 0 bridgehead atoms. The fourth-order valence-corrected chi connectivity index (χ4v) is 5.28. The number of benzene rings is 1. The Bertz CT molecular complexity index is 1010. The third-order valence-electron chi connectivity index (χ3n) is 6.61. The molecule has 0 radical (unpaired) electrons. The quantitative estimate of drug-likeness (QED) is 0.617. The lowest BCUT2D eigenvalue weighted by Crippen LogP contribution is -2.50. The Morgan fingerprint density at radius 1 is 1.03 bits per heavy atom. The van der Waals surface area contributed by atoms with Crippen LogP contribution in [0.15, 0.2) is 18.2 Å². The van der Waals surface area contributed by atoms with Crippen molar-refractivity contribution in [2.24, 2.45) is 0 Å². The first-order chi connectivity index (χ1) is 16.2. The van der Waals surface area contributed by atoms with Gasteiger partial charge in [0.15, 0.2) is 16.6 Å². The van der Waals surface area contributed by atoms with Crippen molar-refractivity contribution in [1.82, 2.24) is 30.8 Å². The van der Waals surface area contributed by atoms with E-state index in [1.165, 1.54) is 32.1 Å². The molecule has 4 aliphatic rings. The predicted molar refractivity (Wildman–Crippen MR) is 119 cm³/mol. The standard InChI is InChI=1S/C21H26N6O5S/c33-20(22-12-4-2-1-3-5-12)23-14-9-28-19-15(10-29-18(14)19)27-21(24-25-26-27)32-13-6-7-16-17(8-13)31-11-30-16/h6-8,12,14-15,18-19H,1-5,9-11H2,(H2,22,23,33)/t14-,15-,18+,19+/m0/s1. The van der Waals surface area contributed by atoms with Gasteiger partial charge in [-0.15, -0.1) is 0 Å². The fraction of sp³-hybridized carbons (Fsp3) is 0.619. The van der Waals surface area contributed by atoms with E-state index in [4.69, 9.17) is 35.9 Å². The maximum atomic E-state index is 6.10.